The molecule has 1 N–H and O–H groups in total. The highest BCUT2D eigenvalue weighted by molar-refractivity contribution is 4.86. The third-order valence-electron chi connectivity index (χ3n) is 3.55. The first kappa shape index (κ1) is 11.4. The molecule has 2 saturated heterocycles. The fourth-order valence-electron chi connectivity index (χ4n) is 2.52. The molecule has 2 heterocycles. The molecule has 2 atom stereocenters. The van der Waals surface area contributed by atoms with Gasteiger partial charge in [0.05, 0.1) is 12.2 Å². The van der Waals surface area contributed by atoms with Crippen molar-refractivity contribution in [3.8, 4) is 0 Å². The van der Waals surface area contributed by atoms with Gasteiger partial charge in [-0.15, -0.1) is 0 Å². The van der Waals surface area contributed by atoms with Crippen LogP contribution >= 0.6 is 0 Å². The molecule has 2 fully saturated rings. The summed E-state index contributed by atoms with van der Waals surface area (Å²) in [6, 6.07) is 0.768. The molecule has 15 heavy (non-hydrogen) atoms. The van der Waals surface area contributed by atoms with Crippen LogP contribution in [0.2, 0.25) is 0 Å². The van der Waals surface area contributed by atoms with Crippen molar-refractivity contribution in [1.82, 2.24) is 10.2 Å². The minimum atomic E-state index is 0.484. The zero-order chi connectivity index (χ0) is 10.7. The van der Waals surface area contributed by atoms with E-state index in [-0.39, 0.29) is 0 Å². The third kappa shape index (κ3) is 2.92. The number of nitrogens with one attached hydrogen (secondary N) is 1. The average Bonchev–Trinajstić information content (AvgIpc) is 2.48. The topological polar surface area (TPSA) is 24.5 Å². The van der Waals surface area contributed by atoms with E-state index in [1.807, 2.05) is 0 Å². The Morgan fingerprint density at radius 1 is 1.33 bits per heavy atom. The molecule has 3 heteroatoms. The summed E-state index contributed by atoms with van der Waals surface area (Å²) in [6.07, 6.45) is 4.72. The van der Waals surface area contributed by atoms with Crippen LogP contribution in [0, 0.1) is 0 Å². The number of ether oxygens (including phenoxy) is 1. The number of rotatable bonds is 5. The van der Waals surface area contributed by atoms with Crippen LogP contribution in [0.4, 0.5) is 0 Å². The largest absolute Gasteiger partial charge is 0.374 e. The number of nitrogens with zero attached hydrogens (tertiary/aromatic N) is 1. The maximum atomic E-state index is 5.89. The summed E-state index contributed by atoms with van der Waals surface area (Å²) in [7, 11) is 0. The Balaban J connectivity index is 1.77. The van der Waals surface area contributed by atoms with E-state index in [1.54, 1.807) is 0 Å². The zero-order valence-electron chi connectivity index (χ0n) is 10.0. The molecule has 0 radical (unpaired) electrons. The van der Waals surface area contributed by atoms with E-state index >= 15 is 0 Å². The van der Waals surface area contributed by atoms with Gasteiger partial charge in [0.25, 0.3) is 0 Å². The van der Waals surface area contributed by atoms with Gasteiger partial charge in [-0.05, 0) is 32.7 Å². The van der Waals surface area contributed by atoms with Crippen molar-refractivity contribution in [2.45, 2.75) is 51.4 Å². The lowest BCUT2D eigenvalue weighted by Crippen LogP contribution is -2.58. The Labute approximate surface area is 93.2 Å². The van der Waals surface area contributed by atoms with Crippen molar-refractivity contribution in [2.75, 3.05) is 26.2 Å². The van der Waals surface area contributed by atoms with Crippen LogP contribution in [0.25, 0.3) is 0 Å². The second-order valence-corrected chi connectivity index (χ2v) is 4.95. The van der Waals surface area contributed by atoms with Gasteiger partial charge in [-0.2, -0.15) is 0 Å². The fraction of sp³-hybridized carbons (Fsp3) is 1.00. The maximum Gasteiger partial charge on any atom is 0.0706 e. The highest BCUT2D eigenvalue weighted by Gasteiger charge is 2.29. The first-order valence-corrected chi connectivity index (χ1v) is 6.39. The molecular weight excluding hydrogens is 188 g/mol. The molecule has 0 saturated carbocycles. The molecule has 0 aromatic rings. The average molecular weight is 212 g/mol. The molecule has 2 aliphatic heterocycles. The van der Waals surface area contributed by atoms with Crippen molar-refractivity contribution in [1.29, 1.82) is 0 Å². The standard InChI is InChI=1S/C12H24N2O/c1-3-6-14(11-7-13-8-11)9-12-5-4-10(2)15-12/h10-13H,3-9H2,1-2H3. The molecule has 0 aromatic carbocycles. The molecule has 2 rings (SSSR count). The molecule has 0 spiro atoms. The van der Waals surface area contributed by atoms with E-state index in [2.05, 4.69) is 24.1 Å². The minimum Gasteiger partial charge on any atom is -0.374 e. The van der Waals surface area contributed by atoms with Crippen LogP contribution in [-0.4, -0.2) is 49.3 Å². The van der Waals surface area contributed by atoms with E-state index in [4.69, 9.17) is 4.74 Å². The molecule has 3 nitrogen and oxygen atoms in total. The van der Waals surface area contributed by atoms with Crippen LogP contribution in [0.15, 0.2) is 0 Å². The van der Waals surface area contributed by atoms with Gasteiger partial charge in [0.1, 0.15) is 0 Å². The first-order chi connectivity index (χ1) is 7.29. The molecule has 0 aliphatic carbocycles. The van der Waals surface area contributed by atoms with E-state index in [1.165, 1.54) is 38.9 Å². The van der Waals surface area contributed by atoms with Crippen molar-refractivity contribution in [2.24, 2.45) is 0 Å². The second kappa shape index (κ2) is 5.28. The summed E-state index contributed by atoms with van der Waals surface area (Å²) in [5, 5.41) is 3.35. The highest BCUT2D eigenvalue weighted by Crippen LogP contribution is 2.21. The summed E-state index contributed by atoms with van der Waals surface area (Å²) in [5.41, 5.74) is 0. The summed E-state index contributed by atoms with van der Waals surface area (Å²) in [4.78, 5) is 2.61. The smallest absolute Gasteiger partial charge is 0.0706 e. The van der Waals surface area contributed by atoms with Crippen LogP contribution < -0.4 is 5.32 Å². The molecule has 2 aliphatic rings. The Hall–Kier alpha value is -0.120. The Bertz CT molecular complexity index is 194. The molecular formula is C12H24N2O. The molecule has 88 valence electrons. The lowest BCUT2D eigenvalue weighted by atomic mass is 10.1. The van der Waals surface area contributed by atoms with Crippen molar-refractivity contribution < 1.29 is 4.74 Å². The Morgan fingerprint density at radius 3 is 2.60 bits per heavy atom. The Kier molecular flexibility index (Phi) is 4.00. The molecule has 0 aromatic heterocycles. The van der Waals surface area contributed by atoms with Crippen molar-refractivity contribution in [3.05, 3.63) is 0 Å². The van der Waals surface area contributed by atoms with Gasteiger partial charge in [0.2, 0.25) is 0 Å². The third-order valence-corrected chi connectivity index (χ3v) is 3.55. The van der Waals surface area contributed by atoms with Gasteiger partial charge in [0.15, 0.2) is 0 Å². The summed E-state index contributed by atoms with van der Waals surface area (Å²) >= 11 is 0. The van der Waals surface area contributed by atoms with Gasteiger partial charge in [-0.25, -0.2) is 0 Å². The predicted molar refractivity (Wildman–Crippen MR) is 62.1 cm³/mol. The van der Waals surface area contributed by atoms with Crippen molar-refractivity contribution >= 4 is 0 Å². The Morgan fingerprint density at radius 2 is 2.13 bits per heavy atom. The van der Waals surface area contributed by atoms with Gasteiger partial charge in [0, 0.05) is 25.7 Å². The quantitative estimate of drug-likeness (QED) is 0.742. The monoisotopic (exact) mass is 212 g/mol. The maximum absolute atomic E-state index is 5.89. The van der Waals surface area contributed by atoms with E-state index in [0.717, 1.165) is 12.6 Å². The summed E-state index contributed by atoms with van der Waals surface area (Å²) in [6.45, 7) is 9.15. The van der Waals surface area contributed by atoms with Crippen LogP contribution in [0.5, 0.6) is 0 Å². The number of hydrogen-bond donors (Lipinski definition) is 1. The van der Waals surface area contributed by atoms with Crippen molar-refractivity contribution in [3.63, 3.8) is 0 Å². The number of hydrogen-bond acceptors (Lipinski definition) is 3. The fourth-order valence-corrected chi connectivity index (χ4v) is 2.52. The minimum absolute atomic E-state index is 0.484. The zero-order valence-corrected chi connectivity index (χ0v) is 10.0. The summed E-state index contributed by atoms with van der Waals surface area (Å²) in [5.74, 6) is 0. The lowest BCUT2D eigenvalue weighted by molar-refractivity contribution is 0.0144. The molecule has 0 bridgehead atoms. The van der Waals surface area contributed by atoms with Crippen LogP contribution in [0.3, 0.4) is 0 Å². The first-order valence-electron chi connectivity index (χ1n) is 6.39. The molecule has 2 unspecified atom stereocenters. The SMILES string of the molecule is CCCN(CC1CCC(C)O1)C1CNC1. The van der Waals surface area contributed by atoms with E-state index in [9.17, 15) is 0 Å². The lowest BCUT2D eigenvalue weighted by Gasteiger charge is -2.39. The van der Waals surface area contributed by atoms with Crippen LogP contribution in [-0.2, 0) is 4.74 Å². The van der Waals surface area contributed by atoms with Crippen LogP contribution in [0.1, 0.15) is 33.1 Å². The van der Waals surface area contributed by atoms with Gasteiger partial charge >= 0.3 is 0 Å². The van der Waals surface area contributed by atoms with Gasteiger partial charge < -0.3 is 10.1 Å². The second-order valence-electron chi connectivity index (χ2n) is 4.95. The normalized spacial score (nSPS) is 32.2. The van der Waals surface area contributed by atoms with Gasteiger partial charge in [-0.1, -0.05) is 6.92 Å². The summed E-state index contributed by atoms with van der Waals surface area (Å²) < 4.78 is 5.89. The van der Waals surface area contributed by atoms with E-state index in [0.29, 0.717) is 12.2 Å². The molecule has 0 amide bonds. The highest BCUT2D eigenvalue weighted by atomic mass is 16.5. The van der Waals surface area contributed by atoms with E-state index < -0.39 is 0 Å². The van der Waals surface area contributed by atoms with Gasteiger partial charge in [-0.3, -0.25) is 4.90 Å². The predicted octanol–water partition coefficient (Wildman–Crippen LogP) is 1.24.